The van der Waals surface area contributed by atoms with Crippen molar-refractivity contribution in [1.82, 2.24) is 10.2 Å². The largest absolute Gasteiger partial charge is 0.338 e. The number of nitrogens with zero attached hydrogens (tertiary/aromatic N) is 1. The van der Waals surface area contributed by atoms with Crippen LogP contribution in [0.25, 0.3) is 0 Å². The van der Waals surface area contributed by atoms with Gasteiger partial charge in [0.05, 0.1) is 12.6 Å². The second kappa shape index (κ2) is 5.51. The van der Waals surface area contributed by atoms with E-state index in [0.717, 1.165) is 5.56 Å². The molecule has 0 radical (unpaired) electrons. The van der Waals surface area contributed by atoms with Gasteiger partial charge in [0.15, 0.2) is 0 Å². The van der Waals surface area contributed by atoms with Gasteiger partial charge >= 0.3 is 0 Å². The Labute approximate surface area is 91.1 Å². The van der Waals surface area contributed by atoms with E-state index < -0.39 is 0 Å². The van der Waals surface area contributed by atoms with Crippen LogP contribution in [0.4, 0.5) is 0 Å². The van der Waals surface area contributed by atoms with Crippen molar-refractivity contribution < 1.29 is 4.79 Å². The summed E-state index contributed by atoms with van der Waals surface area (Å²) >= 11 is 0. The van der Waals surface area contributed by atoms with Gasteiger partial charge in [0.1, 0.15) is 0 Å². The summed E-state index contributed by atoms with van der Waals surface area (Å²) in [4.78, 5) is 13.4. The smallest absolute Gasteiger partial charge is 0.236 e. The highest BCUT2D eigenvalue weighted by Crippen LogP contribution is 2.17. The van der Waals surface area contributed by atoms with Gasteiger partial charge < -0.3 is 10.2 Å². The molecule has 82 valence electrons. The number of hydrogen-bond donors (Lipinski definition) is 1. The van der Waals surface area contributed by atoms with Crippen molar-refractivity contribution in [1.29, 1.82) is 0 Å². The minimum Gasteiger partial charge on any atom is -0.338 e. The van der Waals surface area contributed by atoms with Gasteiger partial charge in [-0.25, -0.2) is 0 Å². The molecule has 0 aliphatic rings. The minimum atomic E-state index is 0.105. The molecule has 1 aromatic carbocycles. The van der Waals surface area contributed by atoms with Gasteiger partial charge in [-0.05, 0) is 19.5 Å². The second-order valence-electron chi connectivity index (χ2n) is 3.62. The number of carbonyl (C=O) groups excluding carboxylic acids is 1. The normalized spacial score (nSPS) is 12.2. The van der Waals surface area contributed by atoms with Crippen LogP contribution in [0.2, 0.25) is 0 Å². The summed E-state index contributed by atoms with van der Waals surface area (Å²) in [5, 5.41) is 2.86. The summed E-state index contributed by atoms with van der Waals surface area (Å²) < 4.78 is 0. The highest BCUT2D eigenvalue weighted by molar-refractivity contribution is 5.78. The molecule has 3 heteroatoms. The summed E-state index contributed by atoms with van der Waals surface area (Å²) in [5.41, 5.74) is 1.16. The number of amides is 1. The molecule has 1 aromatic rings. The Morgan fingerprint density at radius 3 is 2.53 bits per heavy atom. The lowest BCUT2D eigenvalue weighted by atomic mass is 10.1. The Morgan fingerprint density at radius 2 is 2.00 bits per heavy atom. The maximum Gasteiger partial charge on any atom is 0.236 e. The standard InChI is InChI=1S/C12H18N2O/c1-10(11-7-5-4-6-8-11)14(3)12(15)9-13-2/h4-8,10,13H,9H2,1-3H3/t10-/m0/s1. The quantitative estimate of drug-likeness (QED) is 0.808. The van der Waals surface area contributed by atoms with Crippen molar-refractivity contribution in [3.63, 3.8) is 0 Å². The molecule has 0 aliphatic carbocycles. The molecule has 15 heavy (non-hydrogen) atoms. The van der Waals surface area contributed by atoms with Crippen LogP contribution in [0.3, 0.4) is 0 Å². The van der Waals surface area contributed by atoms with Crippen LogP contribution >= 0.6 is 0 Å². The van der Waals surface area contributed by atoms with Crippen LogP contribution in [-0.2, 0) is 4.79 Å². The number of nitrogens with one attached hydrogen (secondary N) is 1. The molecule has 3 nitrogen and oxygen atoms in total. The van der Waals surface area contributed by atoms with Crippen molar-refractivity contribution in [2.75, 3.05) is 20.6 Å². The molecular weight excluding hydrogens is 188 g/mol. The average Bonchev–Trinajstić information content (AvgIpc) is 2.28. The van der Waals surface area contributed by atoms with E-state index in [9.17, 15) is 4.79 Å². The van der Waals surface area contributed by atoms with E-state index in [1.54, 1.807) is 11.9 Å². The van der Waals surface area contributed by atoms with E-state index in [1.807, 2.05) is 44.3 Å². The van der Waals surface area contributed by atoms with Crippen LogP contribution in [-0.4, -0.2) is 31.4 Å². The Bertz CT molecular complexity index is 311. The first-order valence-electron chi connectivity index (χ1n) is 5.12. The van der Waals surface area contributed by atoms with Crippen LogP contribution in [0.5, 0.6) is 0 Å². The highest BCUT2D eigenvalue weighted by atomic mass is 16.2. The molecule has 1 rings (SSSR count). The lowest BCUT2D eigenvalue weighted by molar-refractivity contribution is -0.130. The molecule has 0 fully saturated rings. The third-order valence-electron chi connectivity index (χ3n) is 2.58. The molecule has 1 N–H and O–H groups in total. The van der Waals surface area contributed by atoms with Gasteiger partial charge in [0.2, 0.25) is 5.91 Å². The van der Waals surface area contributed by atoms with Gasteiger partial charge in [-0.3, -0.25) is 4.79 Å². The SMILES string of the molecule is CNCC(=O)N(C)[C@@H](C)c1ccccc1. The van der Waals surface area contributed by atoms with Crippen molar-refractivity contribution >= 4 is 5.91 Å². The lowest BCUT2D eigenvalue weighted by Gasteiger charge is -2.25. The number of carbonyl (C=O) groups is 1. The lowest BCUT2D eigenvalue weighted by Crippen LogP contribution is -2.35. The molecule has 0 heterocycles. The number of benzene rings is 1. The summed E-state index contributed by atoms with van der Waals surface area (Å²) in [5.74, 6) is 0.105. The molecule has 0 aliphatic heterocycles. The molecule has 0 unspecified atom stereocenters. The Morgan fingerprint density at radius 1 is 1.40 bits per heavy atom. The summed E-state index contributed by atoms with van der Waals surface area (Å²) in [6.07, 6.45) is 0. The molecule has 0 spiro atoms. The first-order valence-corrected chi connectivity index (χ1v) is 5.12. The van der Waals surface area contributed by atoms with Crippen LogP contribution in [0.1, 0.15) is 18.5 Å². The maximum absolute atomic E-state index is 11.6. The summed E-state index contributed by atoms with van der Waals surface area (Å²) in [7, 11) is 3.61. The maximum atomic E-state index is 11.6. The number of likely N-dealkylation sites (N-methyl/N-ethyl adjacent to an activating group) is 2. The third-order valence-corrected chi connectivity index (χ3v) is 2.58. The fourth-order valence-electron chi connectivity index (χ4n) is 1.45. The zero-order valence-electron chi connectivity index (χ0n) is 9.53. The van der Waals surface area contributed by atoms with E-state index in [0.29, 0.717) is 6.54 Å². The monoisotopic (exact) mass is 206 g/mol. The Balaban J connectivity index is 2.68. The molecule has 0 aromatic heterocycles. The van der Waals surface area contributed by atoms with E-state index in [-0.39, 0.29) is 11.9 Å². The van der Waals surface area contributed by atoms with E-state index in [2.05, 4.69) is 5.32 Å². The first kappa shape index (κ1) is 11.7. The van der Waals surface area contributed by atoms with Gasteiger partial charge in [0, 0.05) is 7.05 Å². The van der Waals surface area contributed by atoms with E-state index >= 15 is 0 Å². The van der Waals surface area contributed by atoms with Gasteiger partial charge in [-0.1, -0.05) is 30.3 Å². The summed E-state index contributed by atoms with van der Waals surface area (Å²) in [6.45, 7) is 2.41. The third kappa shape index (κ3) is 3.06. The topological polar surface area (TPSA) is 32.3 Å². The average molecular weight is 206 g/mol. The van der Waals surface area contributed by atoms with Crippen molar-refractivity contribution in [3.8, 4) is 0 Å². The fraction of sp³-hybridized carbons (Fsp3) is 0.417. The zero-order chi connectivity index (χ0) is 11.3. The summed E-state index contributed by atoms with van der Waals surface area (Å²) in [6, 6.07) is 10.1. The molecular formula is C12H18N2O. The Kier molecular flexibility index (Phi) is 4.31. The van der Waals surface area contributed by atoms with E-state index in [4.69, 9.17) is 0 Å². The fourth-order valence-corrected chi connectivity index (χ4v) is 1.45. The van der Waals surface area contributed by atoms with Gasteiger partial charge in [-0.2, -0.15) is 0 Å². The molecule has 1 amide bonds. The van der Waals surface area contributed by atoms with Crippen molar-refractivity contribution in [3.05, 3.63) is 35.9 Å². The number of hydrogen-bond acceptors (Lipinski definition) is 2. The van der Waals surface area contributed by atoms with Crippen molar-refractivity contribution in [2.45, 2.75) is 13.0 Å². The molecule has 0 saturated carbocycles. The minimum absolute atomic E-state index is 0.105. The van der Waals surface area contributed by atoms with Crippen LogP contribution in [0.15, 0.2) is 30.3 Å². The predicted molar refractivity (Wildman–Crippen MR) is 61.6 cm³/mol. The van der Waals surface area contributed by atoms with Crippen LogP contribution in [0, 0.1) is 0 Å². The van der Waals surface area contributed by atoms with E-state index in [1.165, 1.54) is 0 Å². The highest BCUT2D eigenvalue weighted by Gasteiger charge is 2.15. The second-order valence-corrected chi connectivity index (χ2v) is 3.62. The molecule has 0 bridgehead atoms. The first-order chi connectivity index (χ1) is 7.16. The molecule has 1 atom stereocenters. The molecule has 0 saturated heterocycles. The van der Waals surface area contributed by atoms with Crippen molar-refractivity contribution in [2.24, 2.45) is 0 Å². The number of rotatable bonds is 4. The Hall–Kier alpha value is -1.35. The van der Waals surface area contributed by atoms with Gasteiger partial charge in [0.25, 0.3) is 0 Å². The predicted octanol–water partition coefficient (Wildman–Crippen LogP) is 1.43. The zero-order valence-corrected chi connectivity index (χ0v) is 9.53. The van der Waals surface area contributed by atoms with Crippen LogP contribution < -0.4 is 5.32 Å². The van der Waals surface area contributed by atoms with Gasteiger partial charge in [-0.15, -0.1) is 0 Å².